The number of carbonyl (C=O) groups is 1. The van der Waals surface area contributed by atoms with Gasteiger partial charge in [0.2, 0.25) is 0 Å². The van der Waals surface area contributed by atoms with Crippen LogP contribution in [0.15, 0.2) is 66.9 Å². The molecule has 0 saturated carbocycles. The zero-order valence-corrected chi connectivity index (χ0v) is 15.2. The number of hydrogen-bond donors (Lipinski definition) is 2. The Morgan fingerprint density at radius 2 is 1.85 bits per heavy atom. The summed E-state index contributed by atoms with van der Waals surface area (Å²) in [4.78, 5) is 16.7. The number of rotatable bonds is 7. The first-order valence-electron chi connectivity index (χ1n) is 8.99. The third-order valence-corrected chi connectivity index (χ3v) is 4.30. The van der Waals surface area contributed by atoms with E-state index >= 15 is 0 Å². The summed E-state index contributed by atoms with van der Waals surface area (Å²) in [6, 6.07) is 17.8. The molecule has 0 unspecified atom stereocenters. The Morgan fingerprint density at radius 1 is 1.07 bits per heavy atom. The van der Waals surface area contributed by atoms with Crippen LogP contribution in [0.5, 0.6) is 0 Å². The summed E-state index contributed by atoms with van der Waals surface area (Å²) in [6.07, 6.45) is 3.08. The molecule has 0 aliphatic rings. The van der Waals surface area contributed by atoms with E-state index in [2.05, 4.69) is 22.5 Å². The normalized spacial score (nSPS) is 10.4. The van der Waals surface area contributed by atoms with Gasteiger partial charge in [-0.15, -0.1) is 0 Å². The van der Waals surface area contributed by atoms with Gasteiger partial charge in [-0.2, -0.15) is 0 Å². The maximum Gasteiger partial charge on any atom is 0.255 e. The van der Waals surface area contributed by atoms with E-state index in [1.165, 1.54) is 11.6 Å². The summed E-state index contributed by atoms with van der Waals surface area (Å²) in [5, 5.41) is 6.02. The Kier molecular flexibility index (Phi) is 6.15. The lowest BCUT2D eigenvalue weighted by Crippen LogP contribution is -2.13. The predicted molar refractivity (Wildman–Crippen MR) is 107 cm³/mol. The molecule has 1 heterocycles. The zero-order valence-electron chi connectivity index (χ0n) is 15.2. The summed E-state index contributed by atoms with van der Waals surface area (Å²) >= 11 is 0. The molecule has 27 heavy (non-hydrogen) atoms. The maximum absolute atomic E-state index is 13.6. The van der Waals surface area contributed by atoms with E-state index in [1.54, 1.807) is 30.5 Å². The van der Waals surface area contributed by atoms with Gasteiger partial charge in [0.25, 0.3) is 5.91 Å². The highest BCUT2D eigenvalue weighted by atomic mass is 19.1. The second-order valence-electron chi connectivity index (χ2n) is 6.20. The number of nitrogens with zero attached hydrogens (tertiary/aromatic N) is 1. The Morgan fingerprint density at radius 3 is 2.59 bits per heavy atom. The van der Waals surface area contributed by atoms with E-state index < -0.39 is 0 Å². The number of carbonyl (C=O) groups excluding carboxylic acids is 1. The topological polar surface area (TPSA) is 54.0 Å². The third kappa shape index (κ3) is 5.14. The average Bonchev–Trinajstić information content (AvgIpc) is 2.70. The van der Waals surface area contributed by atoms with Crippen molar-refractivity contribution in [1.29, 1.82) is 0 Å². The van der Waals surface area contributed by atoms with Gasteiger partial charge < -0.3 is 10.6 Å². The zero-order chi connectivity index (χ0) is 19.1. The highest BCUT2D eigenvalue weighted by Crippen LogP contribution is 2.14. The standard InChI is InChI=1S/C22H22FN3O/c1-2-16-7-9-19(10-8-16)26-22(27)18-12-14-25-21(15-18)24-13-11-17-5-3-4-6-20(17)23/h3-10,12,14-15H,2,11,13H2,1H3,(H,24,25)(H,26,27). The van der Waals surface area contributed by atoms with E-state index in [4.69, 9.17) is 0 Å². The summed E-state index contributed by atoms with van der Waals surface area (Å²) in [7, 11) is 0. The number of amides is 1. The summed E-state index contributed by atoms with van der Waals surface area (Å²) in [6.45, 7) is 2.61. The molecule has 0 fully saturated rings. The molecule has 3 aromatic rings. The van der Waals surface area contributed by atoms with Crippen LogP contribution >= 0.6 is 0 Å². The second-order valence-corrected chi connectivity index (χ2v) is 6.20. The van der Waals surface area contributed by atoms with E-state index in [0.29, 0.717) is 29.9 Å². The summed E-state index contributed by atoms with van der Waals surface area (Å²) in [5.74, 6) is 0.175. The lowest BCUT2D eigenvalue weighted by molar-refractivity contribution is 0.102. The van der Waals surface area contributed by atoms with E-state index in [1.807, 2.05) is 30.3 Å². The van der Waals surface area contributed by atoms with Gasteiger partial charge in [0, 0.05) is 24.0 Å². The molecule has 3 rings (SSSR count). The van der Waals surface area contributed by atoms with Gasteiger partial charge in [0.15, 0.2) is 0 Å². The van der Waals surface area contributed by atoms with Crippen LogP contribution in [0.1, 0.15) is 28.4 Å². The van der Waals surface area contributed by atoms with Gasteiger partial charge >= 0.3 is 0 Å². The molecule has 2 aromatic carbocycles. The lowest BCUT2D eigenvalue weighted by Gasteiger charge is -2.09. The van der Waals surface area contributed by atoms with Crippen molar-refractivity contribution in [2.45, 2.75) is 19.8 Å². The van der Waals surface area contributed by atoms with Crippen molar-refractivity contribution in [1.82, 2.24) is 4.98 Å². The fraction of sp³-hybridized carbons (Fsp3) is 0.182. The minimum Gasteiger partial charge on any atom is -0.370 e. The minimum absolute atomic E-state index is 0.196. The summed E-state index contributed by atoms with van der Waals surface area (Å²) < 4.78 is 13.6. The second kappa shape index (κ2) is 8.94. The number of anilines is 2. The number of aryl methyl sites for hydroxylation is 1. The van der Waals surface area contributed by atoms with E-state index in [0.717, 1.165) is 12.1 Å². The monoisotopic (exact) mass is 363 g/mol. The molecule has 0 radical (unpaired) electrons. The van der Waals surface area contributed by atoms with E-state index in [9.17, 15) is 9.18 Å². The number of hydrogen-bond acceptors (Lipinski definition) is 3. The van der Waals surface area contributed by atoms with Crippen LogP contribution in [-0.4, -0.2) is 17.4 Å². The van der Waals surface area contributed by atoms with Crippen LogP contribution in [0.3, 0.4) is 0 Å². The first-order valence-corrected chi connectivity index (χ1v) is 8.99. The first kappa shape index (κ1) is 18.6. The molecule has 4 nitrogen and oxygen atoms in total. The SMILES string of the molecule is CCc1ccc(NC(=O)c2ccnc(NCCc3ccccc3F)c2)cc1. The quantitative estimate of drug-likeness (QED) is 0.640. The van der Waals surface area contributed by atoms with Gasteiger partial charge in [-0.1, -0.05) is 37.3 Å². The number of aromatic nitrogens is 1. The molecule has 0 saturated heterocycles. The Bertz CT molecular complexity index is 909. The van der Waals surface area contributed by atoms with Gasteiger partial charge in [-0.05, 0) is 54.3 Å². The lowest BCUT2D eigenvalue weighted by atomic mass is 10.1. The third-order valence-electron chi connectivity index (χ3n) is 4.30. The van der Waals surface area contributed by atoms with Crippen molar-refractivity contribution < 1.29 is 9.18 Å². The van der Waals surface area contributed by atoms with Crippen molar-refractivity contribution in [2.75, 3.05) is 17.2 Å². The smallest absolute Gasteiger partial charge is 0.255 e. The molecular formula is C22H22FN3O. The van der Waals surface area contributed by atoms with Crippen molar-refractivity contribution >= 4 is 17.4 Å². The van der Waals surface area contributed by atoms with Gasteiger partial charge in [-0.25, -0.2) is 9.37 Å². The van der Waals surface area contributed by atoms with Crippen LogP contribution in [0.25, 0.3) is 0 Å². The number of pyridine rings is 1. The molecule has 1 aromatic heterocycles. The van der Waals surface area contributed by atoms with Crippen LogP contribution in [-0.2, 0) is 12.8 Å². The maximum atomic E-state index is 13.6. The largest absolute Gasteiger partial charge is 0.370 e. The molecule has 0 aliphatic heterocycles. The number of nitrogens with one attached hydrogen (secondary N) is 2. The molecule has 138 valence electrons. The molecular weight excluding hydrogens is 341 g/mol. The van der Waals surface area contributed by atoms with Crippen molar-refractivity contribution in [3.8, 4) is 0 Å². The van der Waals surface area contributed by atoms with Crippen LogP contribution in [0.4, 0.5) is 15.9 Å². The number of halogens is 1. The van der Waals surface area contributed by atoms with Gasteiger partial charge in [-0.3, -0.25) is 4.79 Å². The predicted octanol–water partition coefficient (Wildman–Crippen LogP) is 4.69. The highest BCUT2D eigenvalue weighted by Gasteiger charge is 2.08. The molecule has 2 N–H and O–H groups in total. The van der Waals surface area contributed by atoms with Crippen molar-refractivity contribution in [2.24, 2.45) is 0 Å². The fourth-order valence-electron chi connectivity index (χ4n) is 2.72. The first-order chi connectivity index (χ1) is 13.2. The molecule has 0 atom stereocenters. The minimum atomic E-state index is -0.213. The van der Waals surface area contributed by atoms with Crippen LogP contribution in [0.2, 0.25) is 0 Å². The van der Waals surface area contributed by atoms with Gasteiger partial charge in [0.05, 0.1) is 0 Å². The molecule has 0 spiro atoms. The summed E-state index contributed by atoms with van der Waals surface area (Å²) in [5.41, 5.74) is 3.13. The fourth-order valence-corrected chi connectivity index (χ4v) is 2.72. The molecule has 0 bridgehead atoms. The molecule has 1 amide bonds. The highest BCUT2D eigenvalue weighted by molar-refractivity contribution is 6.04. The Hall–Kier alpha value is -3.21. The molecule has 0 aliphatic carbocycles. The van der Waals surface area contributed by atoms with Crippen LogP contribution < -0.4 is 10.6 Å². The van der Waals surface area contributed by atoms with Gasteiger partial charge in [0.1, 0.15) is 11.6 Å². The van der Waals surface area contributed by atoms with Crippen LogP contribution in [0, 0.1) is 5.82 Å². The molecule has 5 heteroatoms. The average molecular weight is 363 g/mol. The van der Waals surface area contributed by atoms with Crippen molar-refractivity contribution in [3.05, 3.63) is 89.4 Å². The van der Waals surface area contributed by atoms with E-state index in [-0.39, 0.29) is 11.7 Å². The Labute approximate surface area is 158 Å². The van der Waals surface area contributed by atoms with Crippen molar-refractivity contribution in [3.63, 3.8) is 0 Å². The number of benzene rings is 2. The Balaban J connectivity index is 1.59.